The van der Waals surface area contributed by atoms with Crippen LogP contribution in [0.25, 0.3) is 0 Å². The van der Waals surface area contributed by atoms with Gasteiger partial charge in [0.25, 0.3) is 0 Å². The molecular weight excluding hydrogens is 258 g/mol. The van der Waals surface area contributed by atoms with E-state index >= 15 is 0 Å². The number of hydrogen-bond acceptors (Lipinski definition) is 5. The SMILES string of the molecule is O=C(CCn1cnnn1)N1CCCC(c2ccn[nH]2)C1. The standard InChI is InChI=1S/C12H17N7O/c20-12(4-7-19-9-14-16-17-19)18-6-1-2-10(8-18)11-3-5-13-15-11/h3,5,9-10H,1-2,4,6-8H2,(H,13,15). The molecule has 106 valence electrons. The number of rotatable bonds is 4. The van der Waals surface area contributed by atoms with Crippen LogP contribution in [0.3, 0.4) is 0 Å². The average Bonchev–Trinajstić information content (AvgIpc) is 3.18. The highest BCUT2D eigenvalue weighted by atomic mass is 16.2. The second kappa shape index (κ2) is 5.81. The highest BCUT2D eigenvalue weighted by Gasteiger charge is 2.25. The summed E-state index contributed by atoms with van der Waals surface area (Å²) in [5, 5.41) is 17.9. The Hall–Kier alpha value is -2.25. The number of likely N-dealkylation sites (tertiary alicyclic amines) is 1. The Bertz CT molecular complexity index is 536. The van der Waals surface area contributed by atoms with Gasteiger partial charge < -0.3 is 4.90 Å². The Morgan fingerprint density at radius 3 is 3.20 bits per heavy atom. The topological polar surface area (TPSA) is 92.6 Å². The number of piperidine rings is 1. The monoisotopic (exact) mass is 275 g/mol. The zero-order chi connectivity index (χ0) is 13.8. The Morgan fingerprint density at radius 2 is 2.45 bits per heavy atom. The second-order valence-electron chi connectivity index (χ2n) is 5.01. The van der Waals surface area contributed by atoms with Gasteiger partial charge in [0.2, 0.25) is 5.91 Å². The molecule has 8 heteroatoms. The van der Waals surface area contributed by atoms with Crippen LogP contribution in [0.1, 0.15) is 30.9 Å². The van der Waals surface area contributed by atoms with E-state index < -0.39 is 0 Å². The van der Waals surface area contributed by atoms with Crippen LogP contribution in [0.4, 0.5) is 0 Å². The Kier molecular flexibility index (Phi) is 3.71. The van der Waals surface area contributed by atoms with Crippen molar-refractivity contribution in [3.05, 3.63) is 24.3 Å². The lowest BCUT2D eigenvalue weighted by atomic mass is 9.95. The van der Waals surface area contributed by atoms with Gasteiger partial charge in [-0.3, -0.25) is 9.89 Å². The number of nitrogens with one attached hydrogen (secondary N) is 1. The van der Waals surface area contributed by atoms with Gasteiger partial charge in [-0.15, -0.1) is 5.10 Å². The Morgan fingerprint density at radius 1 is 1.50 bits per heavy atom. The molecule has 1 amide bonds. The van der Waals surface area contributed by atoms with E-state index in [1.54, 1.807) is 10.9 Å². The number of hydrogen-bond donors (Lipinski definition) is 1. The van der Waals surface area contributed by atoms with Crippen LogP contribution in [0.15, 0.2) is 18.6 Å². The maximum absolute atomic E-state index is 12.2. The van der Waals surface area contributed by atoms with Crippen molar-refractivity contribution in [2.75, 3.05) is 13.1 Å². The summed E-state index contributed by atoms with van der Waals surface area (Å²) in [7, 11) is 0. The number of nitrogens with zero attached hydrogens (tertiary/aromatic N) is 6. The van der Waals surface area contributed by atoms with E-state index in [2.05, 4.69) is 25.7 Å². The number of aromatic nitrogens is 6. The van der Waals surface area contributed by atoms with E-state index in [9.17, 15) is 4.79 Å². The molecule has 2 aromatic heterocycles. The molecule has 0 bridgehead atoms. The molecule has 0 spiro atoms. The van der Waals surface area contributed by atoms with Crippen molar-refractivity contribution < 1.29 is 4.79 Å². The van der Waals surface area contributed by atoms with Crippen molar-refractivity contribution >= 4 is 5.91 Å². The van der Waals surface area contributed by atoms with Gasteiger partial charge in [0.1, 0.15) is 6.33 Å². The minimum Gasteiger partial charge on any atom is -0.342 e. The molecule has 1 aliphatic rings. The van der Waals surface area contributed by atoms with Crippen LogP contribution in [-0.4, -0.2) is 54.3 Å². The molecular formula is C12H17N7O. The number of amides is 1. The average molecular weight is 275 g/mol. The zero-order valence-electron chi connectivity index (χ0n) is 11.1. The van der Waals surface area contributed by atoms with E-state index in [-0.39, 0.29) is 5.91 Å². The largest absolute Gasteiger partial charge is 0.342 e. The molecule has 3 heterocycles. The van der Waals surface area contributed by atoms with E-state index in [1.165, 1.54) is 6.33 Å². The summed E-state index contributed by atoms with van der Waals surface area (Å²) >= 11 is 0. The van der Waals surface area contributed by atoms with Gasteiger partial charge in [-0.25, -0.2) is 4.68 Å². The zero-order valence-corrected chi connectivity index (χ0v) is 11.1. The first-order chi connectivity index (χ1) is 9.83. The van der Waals surface area contributed by atoms with Crippen LogP contribution < -0.4 is 0 Å². The van der Waals surface area contributed by atoms with E-state index in [4.69, 9.17) is 0 Å². The number of carbonyl (C=O) groups is 1. The smallest absolute Gasteiger partial charge is 0.224 e. The first kappa shape index (κ1) is 12.8. The second-order valence-corrected chi connectivity index (χ2v) is 5.01. The highest BCUT2D eigenvalue weighted by Crippen LogP contribution is 2.25. The number of tetrazole rings is 1. The molecule has 0 aliphatic carbocycles. The molecule has 0 aromatic carbocycles. The van der Waals surface area contributed by atoms with E-state index in [0.29, 0.717) is 18.9 Å². The minimum absolute atomic E-state index is 0.157. The number of carbonyl (C=O) groups excluding carboxylic acids is 1. The lowest BCUT2D eigenvalue weighted by Crippen LogP contribution is -2.39. The van der Waals surface area contributed by atoms with Gasteiger partial charge in [-0.1, -0.05) is 0 Å². The normalized spacial score (nSPS) is 19.2. The third-order valence-corrected chi connectivity index (χ3v) is 3.68. The molecule has 3 rings (SSSR count). The predicted molar refractivity (Wildman–Crippen MR) is 69.6 cm³/mol. The molecule has 0 radical (unpaired) electrons. The van der Waals surface area contributed by atoms with Crippen molar-refractivity contribution in [3.8, 4) is 0 Å². The fourth-order valence-corrected chi connectivity index (χ4v) is 2.60. The highest BCUT2D eigenvalue weighted by molar-refractivity contribution is 5.76. The van der Waals surface area contributed by atoms with Crippen molar-refractivity contribution in [1.29, 1.82) is 0 Å². The van der Waals surface area contributed by atoms with Crippen LogP contribution in [0, 0.1) is 0 Å². The molecule has 1 aliphatic heterocycles. The fraction of sp³-hybridized carbons (Fsp3) is 0.583. The summed E-state index contributed by atoms with van der Waals surface area (Å²) in [4.78, 5) is 14.2. The summed E-state index contributed by atoms with van der Waals surface area (Å²) < 4.78 is 1.58. The quantitative estimate of drug-likeness (QED) is 0.860. The molecule has 1 saturated heterocycles. The first-order valence-corrected chi connectivity index (χ1v) is 6.81. The molecule has 8 nitrogen and oxygen atoms in total. The molecule has 0 saturated carbocycles. The maximum Gasteiger partial charge on any atom is 0.224 e. The van der Waals surface area contributed by atoms with Crippen molar-refractivity contribution in [1.82, 2.24) is 35.3 Å². The van der Waals surface area contributed by atoms with E-state index in [0.717, 1.165) is 31.6 Å². The summed E-state index contributed by atoms with van der Waals surface area (Å²) in [5.41, 5.74) is 1.11. The first-order valence-electron chi connectivity index (χ1n) is 6.81. The molecule has 1 fully saturated rings. The molecule has 1 N–H and O–H groups in total. The minimum atomic E-state index is 0.157. The van der Waals surface area contributed by atoms with Crippen LogP contribution >= 0.6 is 0 Å². The van der Waals surface area contributed by atoms with Crippen LogP contribution in [-0.2, 0) is 11.3 Å². The number of H-pyrrole nitrogens is 1. The summed E-state index contributed by atoms with van der Waals surface area (Å²) in [6.45, 7) is 2.12. The third-order valence-electron chi connectivity index (χ3n) is 3.68. The fourth-order valence-electron chi connectivity index (χ4n) is 2.60. The van der Waals surface area contributed by atoms with Crippen molar-refractivity contribution in [2.24, 2.45) is 0 Å². The van der Waals surface area contributed by atoms with Gasteiger partial charge >= 0.3 is 0 Å². The lowest BCUT2D eigenvalue weighted by Gasteiger charge is -2.32. The van der Waals surface area contributed by atoms with Crippen LogP contribution in [0.2, 0.25) is 0 Å². The van der Waals surface area contributed by atoms with Gasteiger partial charge in [0.15, 0.2) is 0 Å². The summed E-state index contributed by atoms with van der Waals surface area (Å²) in [6, 6.07) is 1.99. The number of aromatic amines is 1. The Balaban J connectivity index is 1.55. The number of aryl methyl sites for hydroxylation is 1. The predicted octanol–water partition coefficient (Wildman–Crippen LogP) is 0.192. The molecule has 1 atom stereocenters. The summed E-state index contributed by atoms with van der Waals surface area (Å²) in [5.74, 6) is 0.521. The maximum atomic E-state index is 12.2. The molecule has 20 heavy (non-hydrogen) atoms. The van der Waals surface area contributed by atoms with Gasteiger partial charge in [-0.05, 0) is 29.3 Å². The van der Waals surface area contributed by atoms with Gasteiger partial charge in [0.05, 0.1) is 6.54 Å². The van der Waals surface area contributed by atoms with Crippen molar-refractivity contribution in [2.45, 2.75) is 31.7 Å². The van der Waals surface area contributed by atoms with Crippen molar-refractivity contribution in [3.63, 3.8) is 0 Å². The summed E-state index contributed by atoms with van der Waals surface area (Å²) in [6.07, 6.45) is 5.84. The van der Waals surface area contributed by atoms with Crippen LogP contribution in [0.5, 0.6) is 0 Å². The van der Waals surface area contributed by atoms with Gasteiger partial charge in [0, 0.05) is 37.3 Å². The lowest BCUT2D eigenvalue weighted by molar-refractivity contribution is -0.132. The molecule has 1 unspecified atom stereocenters. The van der Waals surface area contributed by atoms with E-state index in [1.807, 2.05) is 11.0 Å². The molecule has 2 aromatic rings. The third kappa shape index (κ3) is 2.84. The Labute approximate surface area is 116 Å². The van der Waals surface area contributed by atoms with Gasteiger partial charge in [-0.2, -0.15) is 5.10 Å².